The molecule has 2 amide bonds. The molecule has 9 heteroatoms. The summed E-state index contributed by atoms with van der Waals surface area (Å²) < 4.78 is 29.8. The minimum atomic E-state index is -0.398. The third-order valence-corrected chi connectivity index (χ3v) is 6.22. The van der Waals surface area contributed by atoms with Crippen molar-refractivity contribution in [2.24, 2.45) is 0 Å². The van der Waals surface area contributed by atoms with Crippen LogP contribution in [0.2, 0.25) is 5.02 Å². The summed E-state index contributed by atoms with van der Waals surface area (Å²) in [6.45, 7) is 0.524. The largest absolute Gasteiger partial charge is 0.493 e. The summed E-state index contributed by atoms with van der Waals surface area (Å²) in [6.07, 6.45) is 1.64. The Kier molecular flexibility index (Phi) is 7.94. The quantitative estimate of drug-likeness (QED) is 0.318. The van der Waals surface area contributed by atoms with Crippen LogP contribution in [0.5, 0.6) is 17.2 Å². The smallest absolute Gasteiger partial charge is 0.293 e. The zero-order chi connectivity index (χ0) is 24.8. The molecule has 180 valence electrons. The molecule has 0 spiro atoms. The second-order valence-electron chi connectivity index (χ2n) is 7.46. The molecule has 0 aromatic heterocycles. The molecule has 6 nitrogen and oxygen atoms in total. The number of ether oxygens (including phenoxy) is 3. The van der Waals surface area contributed by atoms with Crippen LogP contribution in [0.25, 0.3) is 6.08 Å². The van der Waals surface area contributed by atoms with Crippen molar-refractivity contribution >= 4 is 40.6 Å². The van der Waals surface area contributed by atoms with E-state index < -0.39 is 5.91 Å². The molecule has 1 fully saturated rings. The lowest BCUT2D eigenvalue weighted by Crippen LogP contribution is -2.32. The highest BCUT2D eigenvalue weighted by Crippen LogP contribution is 2.34. The van der Waals surface area contributed by atoms with Gasteiger partial charge in [0.25, 0.3) is 11.1 Å². The fourth-order valence-corrected chi connectivity index (χ4v) is 4.26. The van der Waals surface area contributed by atoms with Crippen LogP contribution < -0.4 is 14.2 Å². The highest BCUT2D eigenvalue weighted by atomic mass is 35.5. The van der Waals surface area contributed by atoms with Crippen LogP contribution in [0.3, 0.4) is 0 Å². The van der Waals surface area contributed by atoms with E-state index in [1.165, 1.54) is 31.4 Å². The molecule has 0 atom stereocenters. The van der Waals surface area contributed by atoms with E-state index in [1.807, 2.05) is 12.1 Å². The van der Waals surface area contributed by atoms with E-state index in [0.29, 0.717) is 39.3 Å². The van der Waals surface area contributed by atoms with E-state index in [4.69, 9.17) is 25.8 Å². The van der Waals surface area contributed by atoms with Crippen molar-refractivity contribution in [1.29, 1.82) is 0 Å². The molecule has 1 aliphatic rings. The Bertz CT molecular complexity index is 1250. The fraction of sp³-hybridized carbons (Fsp3) is 0.154. The predicted octanol–water partition coefficient (Wildman–Crippen LogP) is 6.18. The molecule has 0 aliphatic carbocycles. The third kappa shape index (κ3) is 6.35. The lowest BCUT2D eigenvalue weighted by atomic mass is 10.1. The molecule has 4 rings (SSSR count). The van der Waals surface area contributed by atoms with E-state index in [2.05, 4.69) is 0 Å². The maximum Gasteiger partial charge on any atom is 0.293 e. The number of imide groups is 1. The Hall–Kier alpha value is -3.49. The van der Waals surface area contributed by atoms with E-state index in [0.717, 1.165) is 22.2 Å². The normalized spacial score (nSPS) is 14.5. The van der Waals surface area contributed by atoms with Gasteiger partial charge in [0, 0.05) is 5.02 Å². The number of hydrogen-bond acceptors (Lipinski definition) is 6. The molecule has 3 aromatic carbocycles. The lowest BCUT2D eigenvalue weighted by molar-refractivity contribution is -0.123. The maximum atomic E-state index is 13.0. The number of nitrogens with zero attached hydrogens (tertiary/aromatic N) is 1. The number of halogens is 2. The van der Waals surface area contributed by atoms with E-state index in [1.54, 1.807) is 36.4 Å². The molecule has 0 bridgehead atoms. The Morgan fingerprint density at radius 2 is 1.71 bits per heavy atom. The monoisotopic (exact) mass is 513 g/mol. The number of thioether (sulfide) groups is 1. The molecule has 0 radical (unpaired) electrons. The average Bonchev–Trinajstić information content (AvgIpc) is 3.12. The van der Waals surface area contributed by atoms with Crippen molar-refractivity contribution in [1.82, 2.24) is 4.90 Å². The molecule has 1 heterocycles. The average molecular weight is 514 g/mol. The molecule has 1 saturated heterocycles. The number of hydrogen-bond donors (Lipinski definition) is 0. The number of rotatable bonds is 9. The van der Waals surface area contributed by atoms with Crippen molar-refractivity contribution in [2.75, 3.05) is 20.3 Å². The van der Waals surface area contributed by atoms with Gasteiger partial charge in [-0.15, -0.1) is 0 Å². The van der Waals surface area contributed by atoms with Gasteiger partial charge in [-0.1, -0.05) is 29.8 Å². The molecule has 35 heavy (non-hydrogen) atoms. The Balaban J connectivity index is 1.38. The Labute approximate surface area is 211 Å². The van der Waals surface area contributed by atoms with Gasteiger partial charge in [-0.3, -0.25) is 14.5 Å². The molecule has 3 aromatic rings. The second kappa shape index (κ2) is 11.3. The molecule has 0 N–H and O–H groups in total. The van der Waals surface area contributed by atoms with Gasteiger partial charge in [0.2, 0.25) is 0 Å². The summed E-state index contributed by atoms with van der Waals surface area (Å²) >= 11 is 6.78. The molecule has 1 aliphatic heterocycles. The van der Waals surface area contributed by atoms with Crippen molar-refractivity contribution in [2.45, 2.75) is 6.61 Å². The van der Waals surface area contributed by atoms with Gasteiger partial charge < -0.3 is 14.2 Å². The van der Waals surface area contributed by atoms with Gasteiger partial charge in [0.1, 0.15) is 24.8 Å². The van der Waals surface area contributed by atoms with Gasteiger partial charge in [-0.05, 0) is 77.5 Å². The van der Waals surface area contributed by atoms with E-state index in [9.17, 15) is 14.0 Å². The zero-order valence-electron chi connectivity index (χ0n) is 18.7. The topological polar surface area (TPSA) is 65.1 Å². The van der Waals surface area contributed by atoms with Crippen LogP contribution in [0, 0.1) is 5.82 Å². The highest BCUT2D eigenvalue weighted by molar-refractivity contribution is 8.18. The van der Waals surface area contributed by atoms with Crippen molar-refractivity contribution in [3.63, 3.8) is 0 Å². The van der Waals surface area contributed by atoms with Crippen LogP contribution in [-0.4, -0.2) is 36.3 Å². The zero-order valence-corrected chi connectivity index (χ0v) is 20.3. The minimum absolute atomic E-state index is 0.0835. The summed E-state index contributed by atoms with van der Waals surface area (Å²) in [4.78, 5) is 26.5. The first-order valence-electron chi connectivity index (χ1n) is 10.6. The second-order valence-corrected chi connectivity index (χ2v) is 8.89. The number of amides is 2. The molecule has 0 unspecified atom stereocenters. The summed E-state index contributed by atoms with van der Waals surface area (Å²) in [6, 6.07) is 18.1. The van der Waals surface area contributed by atoms with Gasteiger partial charge in [0.05, 0.1) is 18.6 Å². The van der Waals surface area contributed by atoms with Crippen LogP contribution in [0.15, 0.2) is 71.6 Å². The number of carbonyl (C=O) groups excluding carboxylic acids is 2. The van der Waals surface area contributed by atoms with Crippen molar-refractivity contribution < 1.29 is 28.2 Å². The maximum absolute atomic E-state index is 13.0. The SMILES string of the molecule is COc1cc(/C=C2\SC(=O)N(CCOc3ccc(F)cc3)C2=O)ccc1OCc1ccc(Cl)cc1. The highest BCUT2D eigenvalue weighted by Gasteiger charge is 2.34. The number of benzene rings is 3. The number of methoxy groups -OCH3 is 1. The van der Waals surface area contributed by atoms with Crippen LogP contribution in [0.4, 0.5) is 9.18 Å². The third-order valence-electron chi connectivity index (χ3n) is 5.06. The van der Waals surface area contributed by atoms with Gasteiger partial charge in [-0.2, -0.15) is 0 Å². The van der Waals surface area contributed by atoms with Gasteiger partial charge in [0.15, 0.2) is 11.5 Å². The van der Waals surface area contributed by atoms with E-state index in [-0.39, 0.29) is 24.2 Å². The molecule has 0 saturated carbocycles. The molecular weight excluding hydrogens is 493 g/mol. The first-order chi connectivity index (χ1) is 16.9. The summed E-state index contributed by atoms with van der Waals surface area (Å²) in [5.74, 6) is 0.737. The summed E-state index contributed by atoms with van der Waals surface area (Å²) in [5, 5.41) is 0.277. The van der Waals surface area contributed by atoms with Crippen molar-refractivity contribution in [3.05, 3.63) is 93.6 Å². The van der Waals surface area contributed by atoms with E-state index >= 15 is 0 Å². The standard InChI is InChI=1S/C26H21ClFNO5S/c1-32-23-14-18(4-11-22(23)34-16-17-2-5-19(27)6-3-17)15-24-25(30)29(26(31)35-24)12-13-33-21-9-7-20(28)8-10-21/h2-11,14-15H,12-13,16H2,1H3/b24-15-. The minimum Gasteiger partial charge on any atom is -0.493 e. The van der Waals surface area contributed by atoms with Gasteiger partial charge in [-0.25, -0.2) is 4.39 Å². The summed E-state index contributed by atoms with van der Waals surface area (Å²) in [5.41, 5.74) is 1.64. The number of carbonyl (C=O) groups is 2. The van der Waals surface area contributed by atoms with Crippen molar-refractivity contribution in [3.8, 4) is 17.2 Å². The summed E-state index contributed by atoms with van der Waals surface area (Å²) in [7, 11) is 1.53. The van der Waals surface area contributed by atoms with Gasteiger partial charge >= 0.3 is 0 Å². The first kappa shape index (κ1) is 24.6. The Morgan fingerprint density at radius 1 is 0.971 bits per heavy atom. The van der Waals surface area contributed by atoms with Crippen LogP contribution in [-0.2, 0) is 11.4 Å². The first-order valence-corrected chi connectivity index (χ1v) is 11.8. The van der Waals surface area contributed by atoms with Crippen LogP contribution in [0.1, 0.15) is 11.1 Å². The fourth-order valence-electron chi connectivity index (χ4n) is 3.26. The lowest BCUT2D eigenvalue weighted by Gasteiger charge is -2.13. The Morgan fingerprint density at radius 3 is 2.43 bits per heavy atom. The molecular formula is C26H21ClFNO5S. The predicted molar refractivity (Wildman–Crippen MR) is 133 cm³/mol. The van der Waals surface area contributed by atoms with Crippen LogP contribution >= 0.6 is 23.4 Å².